The Hall–Kier alpha value is -1.56. The summed E-state index contributed by atoms with van der Waals surface area (Å²) in [5.41, 5.74) is 3.73. The highest BCUT2D eigenvalue weighted by atomic mass is 14.0. The number of rotatable bonds is 1. The number of hydrogen-bond donors (Lipinski definition) is 0. The first kappa shape index (κ1) is 8.06. The third-order valence-electron chi connectivity index (χ3n) is 2.15. The van der Waals surface area contributed by atoms with Crippen LogP contribution in [0.4, 0.5) is 0 Å². The largest absolute Gasteiger partial charge is 0.0622 e. The van der Waals surface area contributed by atoms with Crippen LogP contribution in [-0.4, -0.2) is 0 Å². The second-order valence-electron chi connectivity index (χ2n) is 3.07. The lowest BCUT2D eigenvalue weighted by Crippen LogP contribution is -1.81. The zero-order valence-corrected chi connectivity index (χ0v) is 7.62. The molecule has 0 aliphatic rings. The highest BCUT2D eigenvalue weighted by Gasteiger charge is 1.98. The lowest BCUT2D eigenvalue weighted by molar-refractivity contribution is 1.45. The monoisotopic (exact) mass is 167 g/mol. The van der Waals surface area contributed by atoms with Crippen molar-refractivity contribution in [2.75, 3.05) is 0 Å². The van der Waals surface area contributed by atoms with Gasteiger partial charge in [0, 0.05) is 0 Å². The van der Waals surface area contributed by atoms with Crippen molar-refractivity contribution >= 4 is 0 Å². The smallest absolute Gasteiger partial charge is 0.0146 e. The first-order valence-corrected chi connectivity index (χ1v) is 4.40. The van der Waals surface area contributed by atoms with E-state index in [4.69, 9.17) is 0 Å². The zero-order valence-electron chi connectivity index (χ0n) is 7.62. The number of hydrogen-bond acceptors (Lipinski definition) is 0. The Bertz CT molecular complexity index is 388. The topological polar surface area (TPSA) is 0 Å². The van der Waals surface area contributed by atoms with Crippen LogP contribution in [-0.2, 0) is 0 Å². The molecular weight excluding hydrogens is 156 g/mol. The van der Waals surface area contributed by atoms with Crippen molar-refractivity contribution < 1.29 is 0 Å². The quantitative estimate of drug-likeness (QED) is 0.610. The van der Waals surface area contributed by atoms with E-state index in [-0.39, 0.29) is 0 Å². The Morgan fingerprint density at radius 3 is 2.38 bits per heavy atom. The van der Waals surface area contributed by atoms with Crippen LogP contribution >= 0.6 is 0 Å². The fourth-order valence-corrected chi connectivity index (χ4v) is 1.45. The number of aryl methyl sites for hydroxylation is 1. The summed E-state index contributed by atoms with van der Waals surface area (Å²) in [4.78, 5) is 0. The molecule has 13 heavy (non-hydrogen) atoms. The van der Waals surface area contributed by atoms with Gasteiger partial charge in [-0.05, 0) is 29.7 Å². The molecule has 0 saturated heterocycles. The predicted molar refractivity (Wildman–Crippen MR) is 55.5 cm³/mol. The Morgan fingerprint density at radius 2 is 1.69 bits per heavy atom. The summed E-state index contributed by atoms with van der Waals surface area (Å²) >= 11 is 0. The maximum absolute atomic E-state index is 3.20. The SMILES string of the molecule is Cc1[c]cccc1-c1ccccc1. The molecule has 63 valence electrons. The molecule has 2 rings (SSSR count). The van der Waals surface area contributed by atoms with Crippen molar-refractivity contribution in [2.24, 2.45) is 0 Å². The van der Waals surface area contributed by atoms with Crippen LogP contribution in [0.25, 0.3) is 11.1 Å². The van der Waals surface area contributed by atoms with Crippen LogP contribution < -0.4 is 0 Å². The third kappa shape index (κ3) is 1.62. The molecule has 0 nitrogen and oxygen atoms in total. The summed E-state index contributed by atoms with van der Waals surface area (Å²) in [6.45, 7) is 2.09. The van der Waals surface area contributed by atoms with Crippen LogP contribution in [0.1, 0.15) is 5.56 Å². The van der Waals surface area contributed by atoms with Crippen LogP contribution in [0.15, 0.2) is 48.5 Å². The minimum absolute atomic E-state index is 1.20. The summed E-state index contributed by atoms with van der Waals surface area (Å²) in [5, 5.41) is 0. The molecule has 1 radical (unpaired) electrons. The van der Waals surface area contributed by atoms with Crippen molar-refractivity contribution in [1.29, 1.82) is 0 Å². The Kier molecular flexibility index (Phi) is 2.13. The van der Waals surface area contributed by atoms with Gasteiger partial charge in [0.1, 0.15) is 0 Å². The zero-order chi connectivity index (χ0) is 9.10. The van der Waals surface area contributed by atoms with E-state index in [0.29, 0.717) is 0 Å². The lowest BCUT2D eigenvalue weighted by Gasteiger charge is -2.03. The molecule has 2 aromatic rings. The van der Waals surface area contributed by atoms with Gasteiger partial charge in [0.05, 0.1) is 0 Å². The van der Waals surface area contributed by atoms with Crippen molar-refractivity contribution in [3.05, 3.63) is 60.2 Å². The fraction of sp³-hybridized carbons (Fsp3) is 0.0769. The van der Waals surface area contributed by atoms with E-state index < -0.39 is 0 Å². The van der Waals surface area contributed by atoms with Gasteiger partial charge in [0.2, 0.25) is 0 Å². The molecule has 0 fully saturated rings. The van der Waals surface area contributed by atoms with Gasteiger partial charge in [-0.2, -0.15) is 0 Å². The van der Waals surface area contributed by atoms with E-state index in [1.54, 1.807) is 0 Å². The summed E-state index contributed by atoms with van der Waals surface area (Å²) in [6, 6.07) is 19.7. The van der Waals surface area contributed by atoms with Gasteiger partial charge in [-0.3, -0.25) is 0 Å². The summed E-state index contributed by atoms with van der Waals surface area (Å²) in [5.74, 6) is 0. The molecule has 0 aromatic heterocycles. The predicted octanol–water partition coefficient (Wildman–Crippen LogP) is 3.46. The van der Waals surface area contributed by atoms with E-state index in [2.05, 4.69) is 43.3 Å². The Morgan fingerprint density at radius 1 is 0.923 bits per heavy atom. The molecule has 0 amide bonds. The van der Waals surface area contributed by atoms with E-state index >= 15 is 0 Å². The molecule has 0 atom stereocenters. The van der Waals surface area contributed by atoms with Crippen molar-refractivity contribution in [1.82, 2.24) is 0 Å². The first-order valence-electron chi connectivity index (χ1n) is 4.40. The minimum Gasteiger partial charge on any atom is -0.0622 e. The molecule has 0 saturated carbocycles. The van der Waals surface area contributed by atoms with E-state index in [0.717, 1.165) is 0 Å². The van der Waals surface area contributed by atoms with Gasteiger partial charge in [0.15, 0.2) is 0 Å². The van der Waals surface area contributed by atoms with Gasteiger partial charge in [-0.25, -0.2) is 0 Å². The van der Waals surface area contributed by atoms with E-state index in [1.807, 2.05) is 18.2 Å². The maximum atomic E-state index is 3.20. The standard InChI is InChI=1S/C13H11/c1-11-7-5-6-10-13(11)12-8-3-2-4-9-12/h2-6,8-10H,1H3. The van der Waals surface area contributed by atoms with Gasteiger partial charge in [0.25, 0.3) is 0 Å². The average Bonchev–Trinajstić information content (AvgIpc) is 2.20. The van der Waals surface area contributed by atoms with Crippen LogP contribution in [0.2, 0.25) is 0 Å². The summed E-state index contributed by atoms with van der Waals surface area (Å²) < 4.78 is 0. The molecule has 0 N–H and O–H groups in total. The molecule has 0 aliphatic heterocycles. The molecule has 0 aliphatic carbocycles. The average molecular weight is 167 g/mol. The number of benzene rings is 2. The van der Waals surface area contributed by atoms with Gasteiger partial charge in [-0.15, -0.1) is 0 Å². The van der Waals surface area contributed by atoms with Gasteiger partial charge in [-0.1, -0.05) is 48.5 Å². The molecular formula is C13H11. The van der Waals surface area contributed by atoms with Gasteiger partial charge < -0.3 is 0 Å². The van der Waals surface area contributed by atoms with Gasteiger partial charge >= 0.3 is 0 Å². The van der Waals surface area contributed by atoms with Crippen LogP contribution in [0, 0.1) is 13.0 Å². The molecule has 0 heteroatoms. The van der Waals surface area contributed by atoms with Crippen molar-refractivity contribution in [3.63, 3.8) is 0 Å². The maximum Gasteiger partial charge on any atom is -0.0146 e. The molecule has 0 unspecified atom stereocenters. The minimum atomic E-state index is 1.20. The fourth-order valence-electron chi connectivity index (χ4n) is 1.45. The molecule has 0 bridgehead atoms. The Balaban J connectivity index is 2.54. The van der Waals surface area contributed by atoms with Crippen LogP contribution in [0.5, 0.6) is 0 Å². The Labute approximate surface area is 78.9 Å². The highest BCUT2D eigenvalue weighted by molar-refractivity contribution is 5.66. The normalized spacial score (nSPS) is 9.92. The third-order valence-corrected chi connectivity index (χ3v) is 2.15. The first-order chi connectivity index (χ1) is 6.38. The van der Waals surface area contributed by atoms with E-state index in [9.17, 15) is 0 Å². The summed E-state index contributed by atoms with van der Waals surface area (Å²) in [7, 11) is 0. The second kappa shape index (κ2) is 3.44. The van der Waals surface area contributed by atoms with E-state index in [1.165, 1.54) is 16.7 Å². The molecule has 2 aromatic carbocycles. The second-order valence-corrected chi connectivity index (χ2v) is 3.07. The molecule has 0 spiro atoms. The summed E-state index contributed by atoms with van der Waals surface area (Å²) in [6.07, 6.45) is 0. The molecule has 0 heterocycles. The van der Waals surface area contributed by atoms with Crippen molar-refractivity contribution in [2.45, 2.75) is 6.92 Å². The van der Waals surface area contributed by atoms with Crippen molar-refractivity contribution in [3.8, 4) is 11.1 Å². The van der Waals surface area contributed by atoms with Crippen LogP contribution in [0.3, 0.4) is 0 Å². The highest BCUT2D eigenvalue weighted by Crippen LogP contribution is 2.21. The lowest BCUT2D eigenvalue weighted by atomic mass is 10.0.